The van der Waals surface area contributed by atoms with Crippen LogP contribution in [-0.4, -0.2) is 42.2 Å². The van der Waals surface area contributed by atoms with Crippen LogP contribution >= 0.6 is 0 Å². The van der Waals surface area contributed by atoms with Gasteiger partial charge >= 0.3 is 5.97 Å². The van der Waals surface area contributed by atoms with E-state index in [0.29, 0.717) is 18.3 Å². The minimum atomic E-state index is -0.527. The lowest BCUT2D eigenvalue weighted by molar-refractivity contribution is 0.0181. The molecular formula is C18H26N2O4. The van der Waals surface area contributed by atoms with Gasteiger partial charge in [-0.05, 0) is 38.8 Å². The van der Waals surface area contributed by atoms with Gasteiger partial charge in [0, 0.05) is 17.8 Å². The van der Waals surface area contributed by atoms with Crippen LogP contribution in [0.15, 0.2) is 18.3 Å². The first-order valence-electron chi connectivity index (χ1n) is 8.65. The van der Waals surface area contributed by atoms with Gasteiger partial charge in [0.15, 0.2) is 0 Å². The summed E-state index contributed by atoms with van der Waals surface area (Å²) in [7, 11) is 0. The number of carbonyl (C=O) groups is 2. The fourth-order valence-corrected chi connectivity index (χ4v) is 2.75. The van der Waals surface area contributed by atoms with E-state index < -0.39 is 5.97 Å². The van der Waals surface area contributed by atoms with Gasteiger partial charge in [0.2, 0.25) is 0 Å². The van der Waals surface area contributed by atoms with Gasteiger partial charge in [-0.25, -0.2) is 9.78 Å². The molecule has 0 aliphatic heterocycles. The zero-order valence-corrected chi connectivity index (χ0v) is 14.4. The lowest BCUT2D eigenvalue weighted by Crippen LogP contribution is -2.37. The zero-order valence-electron chi connectivity index (χ0n) is 14.4. The highest BCUT2D eigenvalue weighted by atomic mass is 16.5. The number of hydrogen-bond acceptors (Lipinski definition) is 5. The number of aromatic nitrogens is 1. The molecule has 6 nitrogen and oxygen atoms in total. The molecule has 2 rings (SSSR count). The Balaban J connectivity index is 1.84. The van der Waals surface area contributed by atoms with E-state index in [1.54, 1.807) is 13.0 Å². The van der Waals surface area contributed by atoms with Gasteiger partial charge in [-0.15, -0.1) is 0 Å². The number of esters is 1. The molecule has 1 N–H and O–H groups in total. The van der Waals surface area contributed by atoms with Gasteiger partial charge in [0.25, 0.3) is 5.91 Å². The number of nitrogens with one attached hydrogen (secondary N) is 1. The van der Waals surface area contributed by atoms with Gasteiger partial charge in [-0.1, -0.05) is 19.3 Å². The maximum Gasteiger partial charge on any atom is 0.356 e. The van der Waals surface area contributed by atoms with Crippen LogP contribution in [0.5, 0.6) is 0 Å². The molecule has 1 amide bonds. The average Bonchev–Trinajstić information content (AvgIpc) is 2.61. The fourth-order valence-electron chi connectivity index (χ4n) is 2.75. The van der Waals surface area contributed by atoms with Crippen molar-refractivity contribution in [3.8, 4) is 0 Å². The van der Waals surface area contributed by atoms with E-state index >= 15 is 0 Å². The Hall–Kier alpha value is -1.95. The summed E-state index contributed by atoms with van der Waals surface area (Å²) in [5.41, 5.74) is 0.521. The highest BCUT2D eigenvalue weighted by molar-refractivity contribution is 5.97. The van der Waals surface area contributed by atoms with Crippen LogP contribution in [0, 0.1) is 0 Å². The second kappa shape index (κ2) is 9.37. The van der Waals surface area contributed by atoms with Gasteiger partial charge in [0.1, 0.15) is 5.69 Å². The Bertz CT molecular complexity index is 556. The number of ether oxygens (including phenoxy) is 2. The van der Waals surface area contributed by atoms with E-state index in [1.807, 2.05) is 6.92 Å². The minimum Gasteiger partial charge on any atom is -0.461 e. The molecule has 1 atom stereocenters. The molecule has 0 aromatic carbocycles. The van der Waals surface area contributed by atoms with E-state index in [1.165, 1.54) is 31.5 Å². The van der Waals surface area contributed by atoms with Crippen LogP contribution in [-0.2, 0) is 9.47 Å². The third kappa shape index (κ3) is 5.60. The first-order chi connectivity index (χ1) is 11.6. The maximum absolute atomic E-state index is 12.3. The summed E-state index contributed by atoms with van der Waals surface area (Å²) in [5.74, 6) is -0.775. The standard InChI is InChI=1S/C18H26N2O4/c1-3-23-18(22)16-11-14(9-10-19-16)17(21)20-13(2)12-24-15-7-5-4-6-8-15/h9-11,13,15H,3-8,12H2,1-2H3,(H,20,21). The Morgan fingerprint density at radius 2 is 2.08 bits per heavy atom. The van der Waals surface area contributed by atoms with Crippen molar-refractivity contribution in [3.05, 3.63) is 29.6 Å². The molecule has 24 heavy (non-hydrogen) atoms. The number of amides is 1. The largest absolute Gasteiger partial charge is 0.461 e. The molecule has 0 spiro atoms. The van der Waals surface area contributed by atoms with Crippen LogP contribution < -0.4 is 5.32 Å². The molecule has 0 radical (unpaired) electrons. The molecule has 1 aliphatic rings. The smallest absolute Gasteiger partial charge is 0.356 e. The van der Waals surface area contributed by atoms with Gasteiger partial charge in [-0.3, -0.25) is 4.79 Å². The first-order valence-corrected chi connectivity index (χ1v) is 8.65. The molecule has 1 aliphatic carbocycles. The van der Waals surface area contributed by atoms with Crippen LogP contribution in [0.3, 0.4) is 0 Å². The molecule has 6 heteroatoms. The second-order valence-corrected chi connectivity index (χ2v) is 6.12. The SMILES string of the molecule is CCOC(=O)c1cc(C(=O)NC(C)COC2CCCCC2)ccn1. The van der Waals surface area contributed by atoms with Gasteiger partial charge < -0.3 is 14.8 Å². The molecule has 0 saturated heterocycles. The minimum absolute atomic E-state index is 0.0985. The summed E-state index contributed by atoms with van der Waals surface area (Å²) in [5, 5.41) is 2.89. The Kier molecular flexibility index (Phi) is 7.18. The molecule has 1 unspecified atom stereocenters. The van der Waals surface area contributed by atoms with Crippen molar-refractivity contribution in [2.45, 2.75) is 58.1 Å². The normalized spacial score (nSPS) is 16.4. The summed E-state index contributed by atoms with van der Waals surface area (Å²) in [6.45, 7) is 4.40. The van der Waals surface area contributed by atoms with Crippen molar-refractivity contribution >= 4 is 11.9 Å². The number of carbonyl (C=O) groups excluding carboxylic acids is 2. The van der Waals surface area contributed by atoms with Crippen molar-refractivity contribution in [2.24, 2.45) is 0 Å². The Morgan fingerprint density at radius 3 is 2.79 bits per heavy atom. The monoisotopic (exact) mass is 334 g/mol. The number of nitrogens with zero attached hydrogens (tertiary/aromatic N) is 1. The number of pyridine rings is 1. The second-order valence-electron chi connectivity index (χ2n) is 6.12. The summed E-state index contributed by atoms with van der Waals surface area (Å²) in [6, 6.07) is 2.92. The van der Waals surface area contributed by atoms with Crippen LogP contribution in [0.25, 0.3) is 0 Å². The van der Waals surface area contributed by atoms with Gasteiger partial charge in [0.05, 0.1) is 19.3 Å². The van der Waals surface area contributed by atoms with Crippen molar-refractivity contribution in [2.75, 3.05) is 13.2 Å². The van der Waals surface area contributed by atoms with Crippen molar-refractivity contribution in [1.29, 1.82) is 0 Å². The predicted molar refractivity (Wildman–Crippen MR) is 89.9 cm³/mol. The lowest BCUT2D eigenvalue weighted by atomic mass is 9.98. The van der Waals surface area contributed by atoms with E-state index in [-0.39, 0.29) is 24.2 Å². The van der Waals surface area contributed by atoms with E-state index in [2.05, 4.69) is 10.3 Å². The fraction of sp³-hybridized carbons (Fsp3) is 0.611. The van der Waals surface area contributed by atoms with Crippen LogP contribution in [0.4, 0.5) is 0 Å². The predicted octanol–water partition coefficient (Wildman–Crippen LogP) is 2.73. The highest BCUT2D eigenvalue weighted by Crippen LogP contribution is 2.20. The summed E-state index contributed by atoms with van der Waals surface area (Å²) < 4.78 is 10.8. The molecule has 132 valence electrons. The van der Waals surface area contributed by atoms with E-state index in [4.69, 9.17) is 9.47 Å². The number of hydrogen-bond donors (Lipinski definition) is 1. The highest BCUT2D eigenvalue weighted by Gasteiger charge is 2.17. The summed E-state index contributed by atoms with van der Waals surface area (Å²) in [4.78, 5) is 27.9. The van der Waals surface area contributed by atoms with E-state index in [9.17, 15) is 9.59 Å². The maximum atomic E-state index is 12.3. The molecule has 1 aromatic rings. The summed E-state index contributed by atoms with van der Waals surface area (Å²) >= 11 is 0. The molecule has 1 heterocycles. The molecule has 0 bridgehead atoms. The quantitative estimate of drug-likeness (QED) is 0.776. The molecule has 1 fully saturated rings. The third-order valence-corrected chi connectivity index (χ3v) is 4.02. The number of rotatable bonds is 7. The first kappa shape index (κ1) is 18.4. The zero-order chi connectivity index (χ0) is 17.4. The van der Waals surface area contributed by atoms with Crippen molar-refractivity contribution in [3.63, 3.8) is 0 Å². The van der Waals surface area contributed by atoms with Crippen molar-refractivity contribution < 1.29 is 19.1 Å². The van der Waals surface area contributed by atoms with Crippen LogP contribution in [0.2, 0.25) is 0 Å². The average molecular weight is 334 g/mol. The molecule has 1 aromatic heterocycles. The third-order valence-electron chi connectivity index (χ3n) is 4.02. The molecular weight excluding hydrogens is 308 g/mol. The summed E-state index contributed by atoms with van der Waals surface area (Å²) in [6.07, 6.45) is 7.69. The van der Waals surface area contributed by atoms with Crippen molar-refractivity contribution in [1.82, 2.24) is 10.3 Å². The topological polar surface area (TPSA) is 77.5 Å². The van der Waals surface area contributed by atoms with Gasteiger partial charge in [-0.2, -0.15) is 0 Å². The van der Waals surface area contributed by atoms with Crippen LogP contribution in [0.1, 0.15) is 66.8 Å². The molecule has 1 saturated carbocycles. The Labute approximate surface area is 142 Å². The Morgan fingerprint density at radius 1 is 1.33 bits per heavy atom. The lowest BCUT2D eigenvalue weighted by Gasteiger charge is -2.24. The van der Waals surface area contributed by atoms with E-state index in [0.717, 1.165) is 12.8 Å².